The monoisotopic (exact) mass is 304 g/mol. The average Bonchev–Trinajstić information content (AvgIpc) is 3.22. The maximum atomic E-state index is 4.36. The Bertz CT molecular complexity index is 537. The third-order valence-electron chi connectivity index (χ3n) is 3.49. The molecule has 0 radical (unpaired) electrons. The smallest absolute Gasteiger partial charge is 0.0702 e. The van der Waals surface area contributed by atoms with Gasteiger partial charge in [-0.05, 0) is 36.6 Å². The van der Waals surface area contributed by atoms with Gasteiger partial charge in [-0.3, -0.25) is 9.88 Å². The fraction of sp³-hybridized carbons (Fsp3) is 0.400. The largest absolute Gasteiger partial charge is 0.295 e. The number of pyridine rings is 1. The molecule has 0 spiro atoms. The standard InChI is InChI=1S/C15H17BrN2/c16-7-9-18(14-4-5-14)11-12-3-6-15-13(10-12)2-1-8-17-15/h1-3,6,8,10,14H,4-5,7,9,11H2. The van der Waals surface area contributed by atoms with Gasteiger partial charge in [-0.25, -0.2) is 0 Å². The fourth-order valence-corrected chi connectivity index (χ4v) is 2.85. The highest BCUT2D eigenvalue weighted by molar-refractivity contribution is 9.09. The number of aromatic nitrogens is 1. The van der Waals surface area contributed by atoms with Crippen LogP contribution in [0, 0.1) is 0 Å². The first-order valence-corrected chi connectivity index (χ1v) is 7.62. The van der Waals surface area contributed by atoms with E-state index in [1.807, 2.05) is 12.3 Å². The number of alkyl halides is 1. The van der Waals surface area contributed by atoms with E-state index in [4.69, 9.17) is 0 Å². The number of hydrogen-bond donors (Lipinski definition) is 0. The van der Waals surface area contributed by atoms with Gasteiger partial charge in [0.2, 0.25) is 0 Å². The Morgan fingerprint density at radius 1 is 1.28 bits per heavy atom. The predicted molar refractivity (Wildman–Crippen MR) is 79.0 cm³/mol. The van der Waals surface area contributed by atoms with Crippen LogP contribution in [0.2, 0.25) is 0 Å². The zero-order chi connectivity index (χ0) is 12.4. The Hall–Kier alpha value is -0.930. The highest BCUT2D eigenvalue weighted by Gasteiger charge is 2.28. The Kier molecular flexibility index (Phi) is 3.62. The molecule has 0 N–H and O–H groups in total. The van der Waals surface area contributed by atoms with Crippen molar-refractivity contribution in [3.05, 3.63) is 42.1 Å². The summed E-state index contributed by atoms with van der Waals surface area (Å²) in [6, 6.07) is 11.6. The molecule has 1 aliphatic carbocycles. The minimum atomic E-state index is 0.812. The SMILES string of the molecule is BrCCN(Cc1ccc2ncccc2c1)C1CC1. The lowest BCUT2D eigenvalue weighted by Gasteiger charge is -2.21. The van der Waals surface area contributed by atoms with Gasteiger partial charge in [0.15, 0.2) is 0 Å². The molecule has 2 aromatic rings. The van der Waals surface area contributed by atoms with Crippen molar-refractivity contribution in [2.75, 3.05) is 11.9 Å². The summed E-state index contributed by atoms with van der Waals surface area (Å²) >= 11 is 3.55. The van der Waals surface area contributed by atoms with Crippen molar-refractivity contribution in [2.45, 2.75) is 25.4 Å². The topological polar surface area (TPSA) is 16.1 Å². The maximum absolute atomic E-state index is 4.36. The van der Waals surface area contributed by atoms with Gasteiger partial charge in [-0.15, -0.1) is 0 Å². The van der Waals surface area contributed by atoms with E-state index in [0.29, 0.717) is 0 Å². The summed E-state index contributed by atoms with van der Waals surface area (Å²) in [6.07, 6.45) is 4.58. The molecule has 0 aliphatic heterocycles. The summed E-state index contributed by atoms with van der Waals surface area (Å²) in [5.41, 5.74) is 2.48. The predicted octanol–water partition coefficient (Wildman–Crippen LogP) is 3.59. The second-order valence-electron chi connectivity index (χ2n) is 4.92. The highest BCUT2D eigenvalue weighted by Crippen LogP contribution is 2.28. The van der Waals surface area contributed by atoms with Gasteiger partial charge >= 0.3 is 0 Å². The quantitative estimate of drug-likeness (QED) is 0.785. The second-order valence-corrected chi connectivity index (χ2v) is 5.71. The number of rotatable bonds is 5. The van der Waals surface area contributed by atoms with E-state index < -0.39 is 0 Å². The molecule has 3 heteroatoms. The van der Waals surface area contributed by atoms with Crippen molar-refractivity contribution < 1.29 is 0 Å². The van der Waals surface area contributed by atoms with Crippen molar-refractivity contribution in [1.29, 1.82) is 0 Å². The second kappa shape index (κ2) is 5.37. The van der Waals surface area contributed by atoms with E-state index in [1.165, 1.54) is 23.8 Å². The van der Waals surface area contributed by atoms with E-state index in [2.05, 4.69) is 50.1 Å². The third-order valence-corrected chi connectivity index (χ3v) is 3.84. The first-order valence-electron chi connectivity index (χ1n) is 6.50. The molecule has 18 heavy (non-hydrogen) atoms. The van der Waals surface area contributed by atoms with Crippen LogP contribution in [0.25, 0.3) is 10.9 Å². The Morgan fingerprint density at radius 2 is 2.17 bits per heavy atom. The van der Waals surface area contributed by atoms with Crippen LogP contribution in [0.15, 0.2) is 36.5 Å². The van der Waals surface area contributed by atoms with E-state index in [9.17, 15) is 0 Å². The molecule has 0 unspecified atom stereocenters. The summed E-state index contributed by atoms with van der Waals surface area (Å²) in [5.74, 6) is 0. The zero-order valence-electron chi connectivity index (χ0n) is 10.3. The number of fused-ring (bicyclic) bond motifs is 1. The Labute approximate surface area is 116 Å². The van der Waals surface area contributed by atoms with Gasteiger partial charge < -0.3 is 0 Å². The summed E-state index contributed by atoms with van der Waals surface area (Å²) < 4.78 is 0. The summed E-state index contributed by atoms with van der Waals surface area (Å²) in [5, 5.41) is 2.29. The molecule has 0 atom stereocenters. The van der Waals surface area contributed by atoms with Crippen LogP contribution >= 0.6 is 15.9 Å². The van der Waals surface area contributed by atoms with Crippen LogP contribution in [0.4, 0.5) is 0 Å². The molecule has 1 aromatic carbocycles. The minimum absolute atomic E-state index is 0.812. The van der Waals surface area contributed by atoms with Crippen LogP contribution in [-0.2, 0) is 6.54 Å². The maximum Gasteiger partial charge on any atom is 0.0702 e. The molecule has 94 valence electrons. The molecule has 0 amide bonds. The van der Waals surface area contributed by atoms with Gasteiger partial charge in [0.25, 0.3) is 0 Å². The molecule has 1 fully saturated rings. The van der Waals surface area contributed by atoms with E-state index in [-0.39, 0.29) is 0 Å². The summed E-state index contributed by atoms with van der Waals surface area (Å²) in [6.45, 7) is 2.19. The highest BCUT2D eigenvalue weighted by atomic mass is 79.9. The molecule has 1 aromatic heterocycles. The van der Waals surface area contributed by atoms with Gasteiger partial charge in [0.1, 0.15) is 0 Å². The van der Waals surface area contributed by atoms with Crippen molar-refractivity contribution in [3.8, 4) is 0 Å². The molecular formula is C15H17BrN2. The van der Waals surface area contributed by atoms with Gasteiger partial charge in [0, 0.05) is 36.0 Å². The van der Waals surface area contributed by atoms with Crippen LogP contribution < -0.4 is 0 Å². The van der Waals surface area contributed by atoms with Crippen LogP contribution in [-0.4, -0.2) is 27.8 Å². The minimum Gasteiger partial charge on any atom is -0.295 e. The average molecular weight is 305 g/mol. The lowest BCUT2D eigenvalue weighted by molar-refractivity contribution is 0.272. The molecule has 0 bridgehead atoms. The molecule has 1 aliphatic rings. The van der Waals surface area contributed by atoms with E-state index >= 15 is 0 Å². The normalized spacial score (nSPS) is 15.4. The summed E-state index contributed by atoms with van der Waals surface area (Å²) in [4.78, 5) is 6.94. The fourth-order valence-electron chi connectivity index (χ4n) is 2.40. The van der Waals surface area contributed by atoms with E-state index in [1.54, 1.807) is 0 Å². The zero-order valence-corrected chi connectivity index (χ0v) is 11.9. The lowest BCUT2D eigenvalue weighted by atomic mass is 10.1. The van der Waals surface area contributed by atoms with Gasteiger partial charge in [-0.1, -0.05) is 28.1 Å². The molecule has 1 heterocycles. The number of halogens is 1. The molecular weight excluding hydrogens is 288 g/mol. The van der Waals surface area contributed by atoms with Crippen LogP contribution in [0.3, 0.4) is 0 Å². The van der Waals surface area contributed by atoms with E-state index in [0.717, 1.165) is 30.0 Å². The first kappa shape index (κ1) is 12.1. The number of hydrogen-bond acceptors (Lipinski definition) is 2. The van der Waals surface area contributed by atoms with Crippen molar-refractivity contribution in [3.63, 3.8) is 0 Å². The molecule has 1 saturated carbocycles. The number of benzene rings is 1. The van der Waals surface area contributed by atoms with Gasteiger partial charge in [0.05, 0.1) is 5.52 Å². The Balaban J connectivity index is 1.80. The molecule has 0 saturated heterocycles. The van der Waals surface area contributed by atoms with Crippen LogP contribution in [0.5, 0.6) is 0 Å². The Morgan fingerprint density at radius 3 is 2.94 bits per heavy atom. The third kappa shape index (κ3) is 2.73. The molecule has 3 rings (SSSR count). The van der Waals surface area contributed by atoms with Gasteiger partial charge in [-0.2, -0.15) is 0 Å². The van der Waals surface area contributed by atoms with Crippen LogP contribution in [0.1, 0.15) is 18.4 Å². The van der Waals surface area contributed by atoms with Crippen molar-refractivity contribution in [2.24, 2.45) is 0 Å². The van der Waals surface area contributed by atoms with Crippen molar-refractivity contribution in [1.82, 2.24) is 9.88 Å². The lowest BCUT2D eigenvalue weighted by Crippen LogP contribution is -2.27. The molecule has 2 nitrogen and oxygen atoms in total. The summed E-state index contributed by atoms with van der Waals surface area (Å²) in [7, 11) is 0. The number of nitrogens with zero attached hydrogens (tertiary/aromatic N) is 2. The van der Waals surface area contributed by atoms with Crippen molar-refractivity contribution >= 4 is 26.8 Å². The first-order chi connectivity index (χ1) is 8.86.